The molecular formula is C8H17N3. The topological polar surface area (TPSA) is 50.4 Å². The van der Waals surface area contributed by atoms with E-state index in [4.69, 9.17) is 5.73 Å². The Balaban J connectivity index is 3.68. The summed E-state index contributed by atoms with van der Waals surface area (Å²) in [6.45, 7) is 7.28. The summed E-state index contributed by atoms with van der Waals surface area (Å²) < 4.78 is 0. The first-order valence-electron chi connectivity index (χ1n) is 3.78. The molecule has 3 heteroatoms. The molecular weight excluding hydrogens is 138 g/mol. The van der Waals surface area contributed by atoms with E-state index in [0.717, 1.165) is 5.84 Å². The van der Waals surface area contributed by atoms with Gasteiger partial charge in [0.1, 0.15) is 0 Å². The van der Waals surface area contributed by atoms with Gasteiger partial charge in [0, 0.05) is 12.7 Å². The number of hydrogen-bond donors (Lipinski definition) is 2. The van der Waals surface area contributed by atoms with E-state index in [-0.39, 0.29) is 0 Å². The molecule has 0 aromatic carbocycles. The van der Waals surface area contributed by atoms with Gasteiger partial charge in [-0.1, -0.05) is 5.57 Å². The summed E-state index contributed by atoms with van der Waals surface area (Å²) in [7, 11) is 0. The maximum atomic E-state index is 5.28. The Kier molecular flexibility index (Phi) is 5.47. The summed E-state index contributed by atoms with van der Waals surface area (Å²) >= 11 is 0. The van der Waals surface area contributed by atoms with E-state index in [1.807, 2.05) is 27.0 Å². The fourth-order valence-corrected chi connectivity index (χ4v) is 0.527. The van der Waals surface area contributed by atoms with Gasteiger partial charge in [-0.2, -0.15) is 0 Å². The average molecular weight is 155 g/mol. The molecule has 0 saturated heterocycles. The normalized spacial score (nSPS) is 11.1. The van der Waals surface area contributed by atoms with Crippen LogP contribution in [0.4, 0.5) is 0 Å². The molecule has 0 amide bonds. The summed E-state index contributed by atoms with van der Waals surface area (Å²) in [5.41, 5.74) is 6.51. The van der Waals surface area contributed by atoms with Crippen LogP contribution in [-0.2, 0) is 0 Å². The van der Waals surface area contributed by atoms with Crippen molar-refractivity contribution in [3.05, 3.63) is 11.8 Å². The third-order valence-corrected chi connectivity index (χ3v) is 1.05. The molecule has 0 aliphatic carbocycles. The lowest BCUT2D eigenvalue weighted by molar-refractivity contribution is 0.961. The maximum absolute atomic E-state index is 5.28. The fourth-order valence-electron chi connectivity index (χ4n) is 0.527. The highest BCUT2D eigenvalue weighted by Crippen LogP contribution is 1.84. The predicted molar refractivity (Wildman–Crippen MR) is 49.6 cm³/mol. The van der Waals surface area contributed by atoms with Crippen LogP contribution in [0.2, 0.25) is 0 Å². The minimum absolute atomic E-state index is 0.605. The van der Waals surface area contributed by atoms with Crippen molar-refractivity contribution in [2.45, 2.75) is 20.8 Å². The molecule has 64 valence electrons. The first-order chi connectivity index (χ1) is 5.16. The second kappa shape index (κ2) is 5.92. The first-order valence-corrected chi connectivity index (χ1v) is 3.78. The highest BCUT2D eigenvalue weighted by Gasteiger charge is 1.83. The standard InChI is InChI=1S/C8H17N3/c1-7(2)6-11-8(3)10-5-4-9/h6H,4-5,9H2,1-3H3,(H,10,11). The maximum Gasteiger partial charge on any atom is 0.0971 e. The van der Waals surface area contributed by atoms with E-state index in [9.17, 15) is 0 Å². The van der Waals surface area contributed by atoms with Crippen LogP contribution >= 0.6 is 0 Å². The lowest BCUT2D eigenvalue weighted by Gasteiger charge is -1.99. The second-order valence-corrected chi connectivity index (χ2v) is 2.62. The number of nitrogens with one attached hydrogen (secondary N) is 1. The highest BCUT2D eigenvalue weighted by molar-refractivity contribution is 5.80. The van der Waals surface area contributed by atoms with E-state index in [0.29, 0.717) is 13.1 Å². The van der Waals surface area contributed by atoms with Gasteiger partial charge in [0.25, 0.3) is 0 Å². The molecule has 0 unspecified atom stereocenters. The summed E-state index contributed by atoms with van der Waals surface area (Å²) in [6.07, 6.45) is 1.93. The summed E-state index contributed by atoms with van der Waals surface area (Å²) in [4.78, 5) is 4.15. The highest BCUT2D eigenvalue weighted by atomic mass is 15.0. The zero-order chi connectivity index (χ0) is 8.69. The van der Waals surface area contributed by atoms with Crippen molar-refractivity contribution in [2.75, 3.05) is 13.1 Å². The van der Waals surface area contributed by atoms with Crippen molar-refractivity contribution in [3.8, 4) is 0 Å². The van der Waals surface area contributed by atoms with Gasteiger partial charge in [-0.25, -0.2) is 0 Å². The van der Waals surface area contributed by atoms with Crippen molar-refractivity contribution in [1.29, 1.82) is 0 Å². The van der Waals surface area contributed by atoms with E-state index in [1.54, 1.807) is 0 Å². The number of hydrogen-bond acceptors (Lipinski definition) is 2. The largest absolute Gasteiger partial charge is 0.351 e. The van der Waals surface area contributed by atoms with Gasteiger partial charge in [0.2, 0.25) is 0 Å². The summed E-state index contributed by atoms with van der Waals surface area (Å²) in [6, 6.07) is 0. The van der Waals surface area contributed by atoms with Crippen LogP contribution in [0.3, 0.4) is 0 Å². The molecule has 0 bridgehead atoms. The molecule has 0 spiro atoms. The summed E-state index contributed by atoms with van der Waals surface area (Å²) in [5, 5.41) is 3.05. The number of aliphatic imine (C=N–C) groups is 1. The van der Waals surface area contributed by atoms with Gasteiger partial charge in [-0.15, -0.1) is 0 Å². The molecule has 0 aromatic heterocycles. The molecule has 0 radical (unpaired) electrons. The molecule has 3 nitrogen and oxygen atoms in total. The lowest BCUT2D eigenvalue weighted by Crippen LogP contribution is -2.15. The van der Waals surface area contributed by atoms with Gasteiger partial charge in [0.05, 0.1) is 12.4 Å². The number of nitrogens with two attached hydrogens (primary N) is 1. The Labute approximate surface area is 68.4 Å². The van der Waals surface area contributed by atoms with Gasteiger partial charge < -0.3 is 11.1 Å². The molecule has 0 saturated carbocycles. The van der Waals surface area contributed by atoms with Crippen molar-refractivity contribution in [3.63, 3.8) is 0 Å². The Morgan fingerprint density at radius 1 is 1.45 bits per heavy atom. The fraction of sp³-hybridized carbons (Fsp3) is 0.625. The zero-order valence-electron chi connectivity index (χ0n) is 7.52. The SMILES string of the molecule is CC(C)=CNC(C)=NCCN. The molecule has 0 aromatic rings. The average Bonchev–Trinajstić information content (AvgIpc) is 1.97. The Bertz CT molecular complexity index is 155. The molecule has 0 heterocycles. The Morgan fingerprint density at radius 3 is 2.55 bits per heavy atom. The molecule has 3 N–H and O–H groups in total. The van der Waals surface area contributed by atoms with Crippen molar-refractivity contribution >= 4 is 5.84 Å². The van der Waals surface area contributed by atoms with Crippen LogP contribution in [0.15, 0.2) is 16.8 Å². The van der Waals surface area contributed by atoms with Crippen LogP contribution < -0.4 is 11.1 Å². The minimum atomic E-state index is 0.605. The minimum Gasteiger partial charge on any atom is -0.351 e. The lowest BCUT2D eigenvalue weighted by atomic mass is 10.4. The van der Waals surface area contributed by atoms with E-state index >= 15 is 0 Å². The zero-order valence-corrected chi connectivity index (χ0v) is 7.52. The van der Waals surface area contributed by atoms with Crippen LogP contribution in [0.1, 0.15) is 20.8 Å². The van der Waals surface area contributed by atoms with E-state index < -0.39 is 0 Å². The molecule has 0 fully saturated rings. The molecule has 11 heavy (non-hydrogen) atoms. The van der Waals surface area contributed by atoms with Crippen molar-refractivity contribution in [2.24, 2.45) is 10.7 Å². The first kappa shape index (κ1) is 10.2. The molecule has 0 aliphatic heterocycles. The number of amidine groups is 1. The molecule has 0 atom stereocenters. The van der Waals surface area contributed by atoms with Gasteiger partial charge in [-0.3, -0.25) is 4.99 Å². The van der Waals surface area contributed by atoms with Crippen LogP contribution in [0.5, 0.6) is 0 Å². The van der Waals surface area contributed by atoms with Crippen LogP contribution in [-0.4, -0.2) is 18.9 Å². The molecule has 0 aliphatic rings. The quantitative estimate of drug-likeness (QED) is 0.469. The Morgan fingerprint density at radius 2 is 2.09 bits per heavy atom. The Hall–Kier alpha value is -0.830. The summed E-state index contributed by atoms with van der Waals surface area (Å²) in [5.74, 6) is 0.914. The second-order valence-electron chi connectivity index (χ2n) is 2.62. The van der Waals surface area contributed by atoms with E-state index in [2.05, 4.69) is 10.3 Å². The van der Waals surface area contributed by atoms with Gasteiger partial charge >= 0.3 is 0 Å². The number of allylic oxidation sites excluding steroid dienone is 1. The number of rotatable bonds is 3. The van der Waals surface area contributed by atoms with Gasteiger partial charge in [-0.05, 0) is 20.8 Å². The monoisotopic (exact) mass is 155 g/mol. The van der Waals surface area contributed by atoms with Crippen molar-refractivity contribution in [1.82, 2.24) is 5.32 Å². The van der Waals surface area contributed by atoms with E-state index in [1.165, 1.54) is 5.57 Å². The van der Waals surface area contributed by atoms with Crippen LogP contribution in [0.25, 0.3) is 0 Å². The number of nitrogens with zero attached hydrogens (tertiary/aromatic N) is 1. The third kappa shape index (κ3) is 7.06. The molecule has 0 rings (SSSR count). The van der Waals surface area contributed by atoms with Crippen molar-refractivity contribution < 1.29 is 0 Å². The van der Waals surface area contributed by atoms with Gasteiger partial charge in [0.15, 0.2) is 0 Å². The predicted octanol–water partition coefficient (Wildman–Crippen LogP) is 0.877. The smallest absolute Gasteiger partial charge is 0.0971 e. The van der Waals surface area contributed by atoms with Crippen LogP contribution in [0, 0.1) is 0 Å². The third-order valence-electron chi connectivity index (χ3n) is 1.05.